The van der Waals surface area contributed by atoms with Gasteiger partial charge in [-0.2, -0.15) is 0 Å². The Hall–Kier alpha value is -4.12. The molecule has 5 N–H and O–H groups in total. The Labute approximate surface area is 270 Å². The third-order valence-corrected chi connectivity index (χ3v) is 7.15. The van der Waals surface area contributed by atoms with Crippen LogP contribution in [0.5, 0.6) is 0 Å². The summed E-state index contributed by atoms with van der Waals surface area (Å²) in [5.74, 6) is 1.77. The Morgan fingerprint density at radius 2 is 1.07 bits per heavy atom. The highest BCUT2D eigenvalue weighted by Gasteiger charge is 2.17. The number of nitrogens with one attached hydrogen (secondary N) is 1. The first-order valence-corrected chi connectivity index (χ1v) is 15.2. The number of hydrogen-bond donors (Lipinski definition) is 3. The molecule has 218 valence electrons. The van der Waals surface area contributed by atoms with Gasteiger partial charge in [0.2, 0.25) is 11.8 Å². The predicted octanol–water partition coefficient (Wildman–Crippen LogP) is 5.69. The third-order valence-electron chi connectivity index (χ3n) is 5.73. The van der Waals surface area contributed by atoms with Gasteiger partial charge in [-0.1, -0.05) is 40.2 Å². The SMILES string of the molecule is CNCc1ccc(-c2nnc(-c3nc(Br)cnc3N)o2)cc1.Nc1ncc(Br)nc1-c1nnc(-c2ccc(CBr)cc2)o1. The van der Waals surface area contributed by atoms with Crippen molar-refractivity contribution in [2.24, 2.45) is 0 Å². The molecule has 0 bridgehead atoms. The first kappa shape index (κ1) is 30.3. The Bertz CT molecular complexity index is 1830. The first-order valence-electron chi connectivity index (χ1n) is 12.5. The maximum atomic E-state index is 5.79. The summed E-state index contributed by atoms with van der Waals surface area (Å²) in [5.41, 5.74) is 16.3. The van der Waals surface area contributed by atoms with Crippen LogP contribution in [-0.2, 0) is 11.9 Å². The van der Waals surface area contributed by atoms with Gasteiger partial charge in [0.25, 0.3) is 11.8 Å². The molecule has 0 amide bonds. The summed E-state index contributed by atoms with van der Waals surface area (Å²) in [5, 5.41) is 19.9. The molecule has 0 aliphatic carbocycles. The zero-order chi connectivity index (χ0) is 30.3. The van der Waals surface area contributed by atoms with Crippen molar-refractivity contribution in [2.75, 3.05) is 18.5 Å². The molecule has 0 radical (unpaired) electrons. The van der Waals surface area contributed by atoms with Crippen LogP contribution in [0.3, 0.4) is 0 Å². The van der Waals surface area contributed by atoms with Gasteiger partial charge in [0, 0.05) is 23.0 Å². The van der Waals surface area contributed by atoms with Gasteiger partial charge in [-0.15, -0.1) is 20.4 Å². The van der Waals surface area contributed by atoms with Crippen LogP contribution in [-0.4, -0.2) is 47.4 Å². The molecule has 0 aliphatic rings. The van der Waals surface area contributed by atoms with E-state index in [0.29, 0.717) is 32.4 Å². The van der Waals surface area contributed by atoms with Gasteiger partial charge in [0.05, 0.1) is 12.4 Å². The van der Waals surface area contributed by atoms with Crippen LogP contribution >= 0.6 is 47.8 Å². The minimum absolute atomic E-state index is 0.237. The molecule has 6 aromatic rings. The largest absolute Gasteiger partial charge is 0.414 e. The Morgan fingerprint density at radius 3 is 1.49 bits per heavy atom. The van der Waals surface area contributed by atoms with E-state index in [1.807, 2.05) is 55.6 Å². The van der Waals surface area contributed by atoms with E-state index in [1.54, 1.807) is 0 Å². The number of rotatable bonds is 7. The van der Waals surface area contributed by atoms with E-state index in [0.717, 1.165) is 23.0 Å². The molecule has 13 nitrogen and oxygen atoms in total. The Balaban J connectivity index is 0.000000171. The zero-order valence-corrected chi connectivity index (χ0v) is 27.1. The number of nitrogen functional groups attached to an aromatic ring is 2. The number of halogens is 3. The number of hydrogen-bond acceptors (Lipinski definition) is 13. The van der Waals surface area contributed by atoms with Crippen LogP contribution in [0.2, 0.25) is 0 Å². The van der Waals surface area contributed by atoms with Crippen LogP contribution < -0.4 is 16.8 Å². The minimum atomic E-state index is 0.237. The summed E-state index contributed by atoms with van der Waals surface area (Å²) in [4.78, 5) is 16.4. The second-order valence-corrected chi connectivity index (χ2v) is 10.9. The highest BCUT2D eigenvalue weighted by Crippen LogP contribution is 2.28. The number of aromatic nitrogens is 8. The molecule has 0 atom stereocenters. The average molecular weight is 772 g/mol. The van der Waals surface area contributed by atoms with Crippen LogP contribution in [0.1, 0.15) is 11.1 Å². The number of alkyl halides is 1. The summed E-state index contributed by atoms with van der Waals surface area (Å²) in [6.45, 7) is 0.805. The minimum Gasteiger partial charge on any atom is -0.414 e. The lowest BCUT2D eigenvalue weighted by Gasteiger charge is -2.01. The van der Waals surface area contributed by atoms with Crippen LogP contribution in [0.25, 0.3) is 46.1 Å². The summed E-state index contributed by atoms with van der Waals surface area (Å²) in [7, 11) is 1.90. The molecule has 0 unspecified atom stereocenters. The molecule has 43 heavy (non-hydrogen) atoms. The number of benzene rings is 2. The smallest absolute Gasteiger partial charge is 0.270 e. The van der Waals surface area contributed by atoms with Crippen molar-refractivity contribution in [3.8, 4) is 46.1 Å². The van der Waals surface area contributed by atoms with Gasteiger partial charge >= 0.3 is 0 Å². The molecule has 0 fully saturated rings. The van der Waals surface area contributed by atoms with E-state index in [-0.39, 0.29) is 23.4 Å². The molecular formula is C27H22Br3N11O2. The molecule has 2 aromatic carbocycles. The molecule has 6 rings (SSSR count). The van der Waals surface area contributed by atoms with Crippen LogP contribution in [0.15, 0.2) is 79.0 Å². The summed E-state index contributed by atoms with van der Waals surface area (Å²) in [6.07, 6.45) is 3.02. The maximum absolute atomic E-state index is 5.79. The van der Waals surface area contributed by atoms with Crippen molar-refractivity contribution in [3.05, 3.63) is 81.3 Å². The molecule has 0 saturated heterocycles. The van der Waals surface area contributed by atoms with Gasteiger partial charge in [0.15, 0.2) is 23.0 Å². The van der Waals surface area contributed by atoms with Crippen molar-refractivity contribution in [3.63, 3.8) is 0 Å². The van der Waals surface area contributed by atoms with E-state index in [9.17, 15) is 0 Å². The summed E-state index contributed by atoms with van der Waals surface area (Å²) >= 11 is 9.88. The van der Waals surface area contributed by atoms with Crippen LogP contribution in [0, 0.1) is 0 Å². The monoisotopic (exact) mass is 769 g/mol. The molecule has 16 heteroatoms. The highest BCUT2D eigenvalue weighted by atomic mass is 79.9. The van der Waals surface area contributed by atoms with E-state index in [2.05, 4.69) is 93.4 Å². The van der Waals surface area contributed by atoms with Crippen molar-refractivity contribution < 1.29 is 8.83 Å². The number of anilines is 2. The Morgan fingerprint density at radius 1 is 0.651 bits per heavy atom. The number of nitrogens with zero attached hydrogens (tertiary/aromatic N) is 8. The van der Waals surface area contributed by atoms with Crippen molar-refractivity contribution in [1.82, 2.24) is 45.6 Å². The zero-order valence-electron chi connectivity index (χ0n) is 22.4. The molecule has 4 heterocycles. The molecule has 4 aromatic heterocycles. The summed E-state index contributed by atoms with van der Waals surface area (Å²) in [6, 6.07) is 15.7. The third kappa shape index (κ3) is 7.45. The van der Waals surface area contributed by atoms with Gasteiger partial charge in [-0.3, -0.25) is 0 Å². The number of nitrogens with two attached hydrogens (primary N) is 2. The topological polar surface area (TPSA) is 193 Å². The lowest BCUT2D eigenvalue weighted by atomic mass is 10.1. The lowest BCUT2D eigenvalue weighted by Crippen LogP contribution is -2.04. The van der Waals surface area contributed by atoms with Gasteiger partial charge < -0.3 is 25.6 Å². The first-order chi connectivity index (χ1) is 20.8. The average Bonchev–Trinajstić information content (AvgIpc) is 3.72. The van der Waals surface area contributed by atoms with Gasteiger partial charge in [-0.25, -0.2) is 19.9 Å². The van der Waals surface area contributed by atoms with Gasteiger partial charge in [-0.05, 0) is 74.3 Å². The van der Waals surface area contributed by atoms with E-state index in [1.165, 1.54) is 23.5 Å². The van der Waals surface area contributed by atoms with E-state index < -0.39 is 0 Å². The fourth-order valence-corrected chi connectivity index (χ4v) is 4.58. The van der Waals surface area contributed by atoms with E-state index >= 15 is 0 Å². The molecular weight excluding hydrogens is 750 g/mol. The van der Waals surface area contributed by atoms with E-state index in [4.69, 9.17) is 20.3 Å². The predicted molar refractivity (Wildman–Crippen MR) is 171 cm³/mol. The lowest BCUT2D eigenvalue weighted by molar-refractivity contribution is 0.581. The maximum Gasteiger partial charge on any atom is 0.270 e. The summed E-state index contributed by atoms with van der Waals surface area (Å²) < 4.78 is 12.4. The molecule has 0 spiro atoms. The van der Waals surface area contributed by atoms with Gasteiger partial charge in [0.1, 0.15) is 9.21 Å². The van der Waals surface area contributed by atoms with Crippen LogP contribution in [0.4, 0.5) is 11.6 Å². The standard InChI is InChI=1S/C14H13BrN6O.C13H9Br2N5O/c1-17-6-8-2-4-9(5-3-8)13-20-21-14(22-13)11-12(16)18-7-10(15)19-11;14-5-7-1-3-8(4-2-7)12-19-20-13(21-12)10-11(16)17-6-9(15)18-10/h2-5,7,17H,6H2,1H3,(H2,16,18);1-4,6H,5H2,(H2,16,17). The molecule has 0 aliphatic heterocycles. The Kier molecular flexibility index (Phi) is 9.81. The fraction of sp³-hybridized carbons (Fsp3) is 0.111. The quantitative estimate of drug-likeness (QED) is 0.168. The molecule has 0 saturated carbocycles. The normalized spacial score (nSPS) is 10.8. The second-order valence-electron chi connectivity index (χ2n) is 8.74. The van der Waals surface area contributed by atoms with Crippen molar-refractivity contribution in [1.29, 1.82) is 0 Å². The highest BCUT2D eigenvalue weighted by molar-refractivity contribution is 9.10. The fourth-order valence-electron chi connectivity index (χ4n) is 3.65. The van der Waals surface area contributed by atoms with Crippen molar-refractivity contribution >= 4 is 59.4 Å². The second kappa shape index (κ2) is 13.9. The van der Waals surface area contributed by atoms with Crippen molar-refractivity contribution in [2.45, 2.75) is 11.9 Å².